The maximum atomic E-state index is 14.5. The van der Waals surface area contributed by atoms with Crippen LogP contribution in [0.25, 0.3) is 0 Å². The van der Waals surface area contributed by atoms with Gasteiger partial charge in [-0.15, -0.1) is 0 Å². The first-order chi connectivity index (χ1) is 21.5. The van der Waals surface area contributed by atoms with Gasteiger partial charge in [-0.3, -0.25) is 13.9 Å². The molecule has 0 aliphatic carbocycles. The van der Waals surface area contributed by atoms with E-state index in [9.17, 15) is 18.0 Å². The van der Waals surface area contributed by atoms with Crippen LogP contribution in [-0.2, 0) is 32.6 Å². The summed E-state index contributed by atoms with van der Waals surface area (Å²) in [5.74, 6) is -0.695. The van der Waals surface area contributed by atoms with Crippen molar-refractivity contribution in [3.63, 3.8) is 0 Å². The summed E-state index contributed by atoms with van der Waals surface area (Å²) in [7, 11) is -4.22. The number of hydrogen-bond acceptors (Lipinski definition) is 4. The number of nitrogens with zero attached hydrogens (tertiary/aromatic N) is 2. The van der Waals surface area contributed by atoms with E-state index in [-0.39, 0.29) is 35.4 Å². The fraction of sp³-hybridized carbons (Fsp3) is 0.257. The number of rotatable bonds is 13. The highest BCUT2D eigenvalue weighted by Crippen LogP contribution is 2.31. The number of carbonyl (C=O) groups is 2. The molecule has 7 nitrogen and oxygen atoms in total. The fourth-order valence-corrected chi connectivity index (χ4v) is 6.65. The molecule has 0 aliphatic rings. The Bertz CT molecular complexity index is 1700. The first kappa shape index (κ1) is 34.0. The largest absolute Gasteiger partial charge is 0.354 e. The maximum Gasteiger partial charge on any atom is 0.264 e. The van der Waals surface area contributed by atoms with E-state index in [1.54, 1.807) is 67.6 Å². The standard InChI is InChI=1S/C35H37Cl2N3O4S/c1-25(2)22-38-35(42)33(21-27-11-6-4-7-12-27)39(23-28-17-19-29(36)20-18-28)34(41)24-40(32-16-10-15-31(37)26(32)3)45(43,44)30-13-8-5-9-14-30/h4-20,25,33H,21-24H2,1-3H3,(H,38,42)/t33-/m1/s1. The number of benzene rings is 4. The predicted octanol–water partition coefficient (Wildman–Crippen LogP) is 6.91. The van der Waals surface area contributed by atoms with Gasteiger partial charge in [-0.1, -0.05) is 104 Å². The highest BCUT2D eigenvalue weighted by Gasteiger charge is 2.35. The second-order valence-electron chi connectivity index (χ2n) is 11.2. The van der Waals surface area contributed by atoms with Crippen molar-refractivity contribution in [3.8, 4) is 0 Å². The molecule has 0 heterocycles. The van der Waals surface area contributed by atoms with E-state index in [1.807, 2.05) is 44.2 Å². The van der Waals surface area contributed by atoms with Crippen molar-refractivity contribution in [2.45, 2.75) is 44.7 Å². The highest BCUT2D eigenvalue weighted by atomic mass is 35.5. The van der Waals surface area contributed by atoms with E-state index in [4.69, 9.17) is 23.2 Å². The molecule has 0 saturated carbocycles. The van der Waals surface area contributed by atoms with Crippen LogP contribution in [0.3, 0.4) is 0 Å². The van der Waals surface area contributed by atoms with Gasteiger partial charge in [0, 0.05) is 29.6 Å². The zero-order chi connectivity index (χ0) is 32.6. The molecule has 0 spiro atoms. The Morgan fingerprint density at radius 1 is 0.800 bits per heavy atom. The summed E-state index contributed by atoms with van der Waals surface area (Å²) in [5.41, 5.74) is 2.37. The lowest BCUT2D eigenvalue weighted by molar-refractivity contribution is -0.140. The van der Waals surface area contributed by atoms with Crippen LogP contribution in [0.5, 0.6) is 0 Å². The van der Waals surface area contributed by atoms with Gasteiger partial charge in [-0.2, -0.15) is 0 Å². The minimum absolute atomic E-state index is 0.0249. The molecule has 236 valence electrons. The van der Waals surface area contributed by atoms with Crippen LogP contribution in [0.15, 0.2) is 108 Å². The molecule has 4 rings (SSSR count). The van der Waals surface area contributed by atoms with Crippen molar-refractivity contribution >= 4 is 50.7 Å². The smallest absolute Gasteiger partial charge is 0.264 e. The molecule has 10 heteroatoms. The van der Waals surface area contributed by atoms with Crippen molar-refractivity contribution < 1.29 is 18.0 Å². The Kier molecular flexibility index (Phi) is 11.7. The summed E-state index contributed by atoms with van der Waals surface area (Å²) in [4.78, 5) is 29.8. The van der Waals surface area contributed by atoms with Gasteiger partial charge >= 0.3 is 0 Å². The van der Waals surface area contributed by atoms with Crippen LogP contribution in [0, 0.1) is 12.8 Å². The Morgan fingerprint density at radius 2 is 1.42 bits per heavy atom. The van der Waals surface area contributed by atoms with Crippen molar-refractivity contribution in [1.82, 2.24) is 10.2 Å². The van der Waals surface area contributed by atoms with Crippen molar-refractivity contribution in [3.05, 3.63) is 130 Å². The van der Waals surface area contributed by atoms with Crippen LogP contribution >= 0.6 is 23.2 Å². The molecule has 0 aliphatic heterocycles. The molecule has 4 aromatic rings. The molecule has 0 bridgehead atoms. The van der Waals surface area contributed by atoms with Gasteiger partial charge in [0.2, 0.25) is 11.8 Å². The second kappa shape index (κ2) is 15.4. The first-order valence-corrected chi connectivity index (χ1v) is 16.9. The Labute approximate surface area is 275 Å². The minimum atomic E-state index is -4.22. The summed E-state index contributed by atoms with van der Waals surface area (Å²) in [6.45, 7) is 5.60. The van der Waals surface area contributed by atoms with Gasteiger partial charge in [0.1, 0.15) is 12.6 Å². The normalized spacial score (nSPS) is 12.0. The van der Waals surface area contributed by atoms with Gasteiger partial charge in [-0.25, -0.2) is 8.42 Å². The molecule has 1 atom stereocenters. The average molecular weight is 667 g/mol. The number of nitrogens with one attached hydrogen (secondary N) is 1. The summed E-state index contributed by atoms with van der Waals surface area (Å²) in [5, 5.41) is 3.88. The molecule has 0 saturated heterocycles. The van der Waals surface area contributed by atoms with E-state index in [0.29, 0.717) is 22.2 Å². The third kappa shape index (κ3) is 8.87. The summed E-state index contributed by atoms with van der Waals surface area (Å²) in [6, 6.07) is 28.4. The average Bonchev–Trinajstić information content (AvgIpc) is 3.03. The van der Waals surface area contributed by atoms with E-state index < -0.39 is 28.5 Å². The molecule has 0 fully saturated rings. The third-order valence-corrected chi connectivity index (χ3v) is 9.78. The Morgan fingerprint density at radius 3 is 2.04 bits per heavy atom. The fourth-order valence-electron chi connectivity index (χ4n) is 4.86. The van der Waals surface area contributed by atoms with E-state index in [1.165, 1.54) is 17.0 Å². The van der Waals surface area contributed by atoms with Gasteiger partial charge in [0.25, 0.3) is 10.0 Å². The predicted molar refractivity (Wildman–Crippen MR) is 181 cm³/mol. The molecule has 1 N–H and O–H groups in total. The van der Waals surface area contributed by atoms with Crippen molar-refractivity contribution in [1.29, 1.82) is 0 Å². The topological polar surface area (TPSA) is 86.8 Å². The second-order valence-corrected chi connectivity index (χ2v) is 13.9. The van der Waals surface area contributed by atoms with Crippen LogP contribution in [0.4, 0.5) is 5.69 Å². The Balaban J connectivity index is 1.82. The molecule has 0 unspecified atom stereocenters. The monoisotopic (exact) mass is 665 g/mol. The molecule has 0 radical (unpaired) electrons. The molecule has 4 aromatic carbocycles. The number of carbonyl (C=O) groups excluding carboxylic acids is 2. The molecule has 0 aromatic heterocycles. The molecule has 45 heavy (non-hydrogen) atoms. The van der Waals surface area contributed by atoms with Gasteiger partial charge in [0.15, 0.2) is 0 Å². The third-order valence-electron chi connectivity index (χ3n) is 7.34. The lowest BCUT2D eigenvalue weighted by atomic mass is 10.0. The summed E-state index contributed by atoms with van der Waals surface area (Å²) >= 11 is 12.6. The quantitative estimate of drug-likeness (QED) is 0.168. The SMILES string of the molecule is Cc1c(Cl)cccc1N(CC(=O)N(Cc1ccc(Cl)cc1)[C@H](Cc1ccccc1)C(=O)NCC(C)C)S(=O)(=O)c1ccccc1. The molecular formula is C35H37Cl2N3O4S. The summed E-state index contributed by atoms with van der Waals surface area (Å²) in [6.07, 6.45) is 0.228. The van der Waals surface area contributed by atoms with E-state index >= 15 is 0 Å². The number of hydrogen-bond donors (Lipinski definition) is 1. The van der Waals surface area contributed by atoms with Crippen LogP contribution in [0.1, 0.15) is 30.5 Å². The zero-order valence-electron chi connectivity index (χ0n) is 25.5. The Hall–Kier alpha value is -3.85. The number of anilines is 1. The minimum Gasteiger partial charge on any atom is -0.354 e. The van der Waals surface area contributed by atoms with Crippen LogP contribution < -0.4 is 9.62 Å². The lowest BCUT2D eigenvalue weighted by Crippen LogP contribution is -2.53. The summed E-state index contributed by atoms with van der Waals surface area (Å²) < 4.78 is 29.4. The maximum absolute atomic E-state index is 14.5. The van der Waals surface area contributed by atoms with Gasteiger partial charge in [-0.05, 0) is 65.9 Å². The van der Waals surface area contributed by atoms with Gasteiger partial charge in [0.05, 0.1) is 10.6 Å². The highest BCUT2D eigenvalue weighted by molar-refractivity contribution is 7.92. The van der Waals surface area contributed by atoms with Crippen molar-refractivity contribution in [2.24, 2.45) is 5.92 Å². The molecular weight excluding hydrogens is 629 g/mol. The zero-order valence-corrected chi connectivity index (χ0v) is 27.8. The van der Waals surface area contributed by atoms with E-state index in [0.717, 1.165) is 15.4 Å². The van der Waals surface area contributed by atoms with Crippen molar-refractivity contribution in [2.75, 3.05) is 17.4 Å². The lowest BCUT2D eigenvalue weighted by Gasteiger charge is -2.34. The number of halogens is 2. The first-order valence-electron chi connectivity index (χ1n) is 14.7. The molecule has 2 amide bonds. The number of amides is 2. The van der Waals surface area contributed by atoms with Gasteiger partial charge < -0.3 is 10.2 Å². The van der Waals surface area contributed by atoms with Crippen LogP contribution in [-0.4, -0.2) is 44.3 Å². The van der Waals surface area contributed by atoms with Crippen LogP contribution in [0.2, 0.25) is 10.0 Å². The number of sulfonamides is 1. The van der Waals surface area contributed by atoms with E-state index in [2.05, 4.69) is 5.32 Å².